The number of likely N-dealkylation sites (N-methyl/N-ethyl adjacent to an activating group) is 1. The summed E-state index contributed by atoms with van der Waals surface area (Å²) in [6.07, 6.45) is 3.18. The van der Waals surface area contributed by atoms with E-state index in [2.05, 4.69) is 11.9 Å². The van der Waals surface area contributed by atoms with Gasteiger partial charge in [-0.05, 0) is 23.4 Å². The van der Waals surface area contributed by atoms with E-state index in [0.717, 1.165) is 11.1 Å². The summed E-state index contributed by atoms with van der Waals surface area (Å²) in [6, 6.07) is 7.47. The monoisotopic (exact) mass is 202 g/mol. The molecule has 0 heterocycles. The van der Waals surface area contributed by atoms with Crippen molar-refractivity contribution in [3.8, 4) is 0 Å². The molecule has 1 aromatic rings. The zero-order valence-corrected chi connectivity index (χ0v) is 8.66. The van der Waals surface area contributed by atoms with E-state index in [-0.39, 0.29) is 5.91 Å². The van der Waals surface area contributed by atoms with Crippen LogP contribution in [0.1, 0.15) is 11.1 Å². The van der Waals surface area contributed by atoms with Crippen LogP contribution in [0, 0.1) is 0 Å². The normalized spacial score (nSPS) is 10.2. The van der Waals surface area contributed by atoms with Gasteiger partial charge < -0.3 is 11.1 Å². The Bertz CT molecular complexity index is 408. The number of benzene rings is 1. The first kappa shape index (κ1) is 11.0. The molecule has 0 radical (unpaired) electrons. The molecular weight excluding hydrogens is 188 g/mol. The minimum Gasteiger partial charge on any atom is -0.405 e. The van der Waals surface area contributed by atoms with Crippen LogP contribution in [0.15, 0.2) is 37.0 Å². The topological polar surface area (TPSA) is 55.1 Å². The number of rotatable bonds is 3. The summed E-state index contributed by atoms with van der Waals surface area (Å²) >= 11 is 0. The summed E-state index contributed by atoms with van der Waals surface area (Å²) in [7, 11) is 1.58. The molecule has 3 N–H and O–H groups in total. The first-order chi connectivity index (χ1) is 7.20. The van der Waals surface area contributed by atoms with Crippen molar-refractivity contribution < 1.29 is 4.79 Å². The van der Waals surface area contributed by atoms with Gasteiger partial charge in [0, 0.05) is 12.6 Å². The maximum Gasteiger partial charge on any atom is 0.251 e. The molecule has 3 heteroatoms. The summed E-state index contributed by atoms with van der Waals surface area (Å²) in [5.74, 6) is -0.187. The Balaban J connectivity index is 3.13. The van der Waals surface area contributed by atoms with Crippen LogP contribution in [0.3, 0.4) is 0 Å². The Labute approximate surface area is 89.3 Å². The van der Waals surface area contributed by atoms with Crippen LogP contribution in [-0.4, -0.2) is 13.0 Å². The Kier molecular flexibility index (Phi) is 3.68. The van der Waals surface area contributed by atoms with Gasteiger partial charge in [0.05, 0.1) is 0 Å². The van der Waals surface area contributed by atoms with Crippen molar-refractivity contribution in [3.63, 3.8) is 0 Å². The van der Waals surface area contributed by atoms with Crippen molar-refractivity contribution in [2.45, 2.75) is 0 Å². The molecule has 3 nitrogen and oxygen atoms in total. The van der Waals surface area contributed by atoms with Gasteiger partial charge in [-0.15, -0.1) is 0 Å². The van der Waals surface area contributed by atoms with Gasteiger partial charge in [0.1, 0.15) is 0 Å². The van der Waals surface area contributed by atoms with E-state index in [4.69, 9.17) is 5.73 Å². The summed E-state index contributed by atoms with van der Waals surface area (Å²) in [4.78, 5) is 11.4. The number of amides is 1. The Morgan fingerprint density at radius 2 is 2.13 bits per heavy atom. The van der Waals surface area contributed by atoms with Crippen LogP contribution >= 0.6 is 0 Å². The molecule has 1 aromatic carbocycles. The molecule has 0 atom stereocenters. The number of nitrogens with one attached hydrogen (secondary N) is 1. The number of hydrogen-bond acceptors (Lipinski definition) is 2. The second-order valence-electron chi connectivity index (χ2n) is 3.00. The van der Waals surface area contributed by atoms with Crippen molar-refractivity contribution in [2.75, 3.05) is 7.05 Å². The average Bonchev–Trinajstić information content (AvgIpc) is 2.28. The molecule has 15 heavy (non-hydrogen) atoms. The second-order valence-corrected chi connectivity index (χ2v) is 3.00. The predicted octanol–water partition coefficient (Wildman–Crippen LogP) is 1.38. The number of carbonyl (C=O) groups is 1. The molecule has 0 unspecified atom stereocenters. The van der Waals surface area contributed by atoms with Gasteiger partial charge in [0.15, 0.2) is 0 Å². The Morgan fingerprint density at radius 1 is 1.47 bits per heavy atom. The molecule has 0 aromatic heterocycles. The fourth-order valence-electron chi connectivity index (χ4n) is 1.29. The molecule has 0 aliphatic rings. The van der Waals surface area contributed by atoms with Gasteiger partial charge in [-0.25, -0.2) is 0 Å². The maximum absolute atomic E-state index is 11.4. The van der Waals surface area contributed by atoms with Gasteiger partial charge in [0.2, 0.25) is 0 Å². The van der Waals surface area contributed by atoms with Gasteiger partial charge in [-0.1, -0.05) is 30.8 Å². The molecule has 78 valence electrons. The maximum atomic E-state index is 11.4. The molecule has 0 fully saturated rings. The fourth-order valence-corrected chi connectivity index (χ4v) is 1.29. The predicted molar refractivity (Wildman–Crippen MR) is 62.8 cm³/mol. The highest BCUT2D eigenvalue weighted by molar-refractivity contribution is 6.19. The van der Waals surface area contributed by atoms with Crippen molar-refractivity contribution >= 4 is 17.6 Å². The molecular formula is C12H14N2O. The van der Waals surface area contributed by atoms with Crippen molar-refractivity contribution in [1.82, 2.24) is 5.32 Å². The van der Waals surface area contributed by atoms with Gasteiger partial charge >= 0.3 is 0 Å². The Hall–Kier alpha value is -2.03. The molecule has 0 saturated carbocycles. The molecule has 0 aliphatic heterocycles. The third-order valence-corrected chi connectivity index (χ3v) is 2.06. The highest BCUT2D eigenvalue weighted by Crippen LogP contribution is 2.18. The van der Waals surface area contributed by atoms with Crippen LogP contribution in [0.4, 0.5) is 0 Å². The van der Waals surface area contributed by atoms with E-state index in [1.165, 1.54) is 6.20 Å². The minimum atomic E-state index is -0.187. The van der Waals surface area contributed by atoms with E-state index in [9.17, 15) is 4.79 Å². The standard InChI is InChI=1S/C12H14N2O/c1-9(12(15)14-2)11-6-4-3-5-10(11)7-8-13/h3-8H,1,13H2,2H3,(H,14,15)/b8-7-. The molecule has 0 saturated heterocycles. The third kappa shape index (κ3) is 2.47. The second kappa shape index (κ2) is 5.00. The fraction of sp³-hybridized carbons (Fsp3) is 0.0833. The highest BCUT2D eigenvalue weighted by atomic mass is 16.1. The van der Waals surface area contributed by atoms with E-state index in [1.54, 1.807) is 13.1 Å². The molecule has 0 aliphatic carbocycles. The van der Waals surface area contributed by atoms with Crippen LogP contribution < -0.4 is 11.1 Å². The first-order valence-corrected chi connectivity index (χ1v) is 4.59. The van der Waals surface area contributed by atoms with Crippen molar-refractivity contribution in [1.29, 1.82) is 0 Å². The number of carbonyl (C=O) groups excluding carboxylic acids is 1. The van der Waals surface area contributed by atoms with Crippen LogP contribution in [0.25, 0.3) is 11.6 Å². The van der Waals surface area contributed by atoms with E-state index in [0.29, 0.717) is 5.57 Å². The van der Waals surface area contributed by atoms with Gasteiger partial charge in [-0.2, -0.15) is 0 Å². The van der Waals surface area contributed by atoms with Crippen molar-refractivity contribution in [2.24, 2.45) is 5.73 Å². The molecule has 0 spiro atoms. The lowest BCUT2D eigenvalue weighted by molar-refractivity contribution is -0.115. The lowest BCUT2D eigenvalue weighted by Gasteiger charge is -2.07. The average molecular weight is 202 g/mol. The van der Waals surface area contributed by atoms with Gasteiger partial charge in [0.25, 0.3) is 5.91 Å². The lowest BCUT2D eigenvalue weighted by Crippen LogP contribution is -2.18. The highest BCUT2D eigenvalue weighted by Gasteiger charge is 2.09. The third-order valence-electron chi connectivity index (χ3n) is 2.06. The quantitative estimate of drug-likeness (QED) is 0.727. The summed E-state index contributed by atoms with van der Waals surface area (Å²) in [5.41, 5.74) is 7.44. The zero-order valence-electron chi connectivity index (χ0n) is 8.66. The first-order valence-electron chi connectivity index (χ1n) is 4.59. The lowest BCUT2D eigenvalue weighted by atomic mass is 10.0. The SMILES string of the molecule is C=C(C(=O)NC)c1ccccc1/C=C\N. The van der Waals surface area contributed by atoms with Crippen molar-refractivity contribution in [3.05, 3.63) is 48.2 Å². The van der Waals surface area contributed by atoms with Crippen LogP contribution in [0.2, 0.25) is 0 Å². The van der Waals surface area contributed by atoms with E-state index < -0.39 is 0 Å². The Morgan fingerprint density at radius 3 is 2.73 bits per heavy atom. The number of nitrogens with two attached hydrogens (primary N) is 1. The molecule has 0 bridgehead atoms. The summed E-state index contributed by atoms with van der Waals surface area (Å²) in [5, 5.41) is 2.54. The molecule has 1 amide bonds. The number of hydrogen-bond donors (Lipinski definition) is 2. The van der Waals surface area contributed by atoms with Crippen LogP contribution in [-0.2, 0) is 4.79 Å². The zero-order chi connectivity index (χ0) is 11.3. The summed E-state index contributed by atoms with van der Waals surface area (Å²) in [6.45, 7) is 3.75. The van der Waals surface area contributed by atoms with Gasteiger partial charge in [-0.3, -0.25) is 4.79 Å². The largest absolute Gasteiger partial charge is 0.405 e. The van der Waals surface area contributed by atoms with Crippen LogP contribution in [0.5, 0.6) is 0 Å². The van der Waals surface area contributed by atoms with E-state index in [1.807, 2.05) is 24.3 Å². The summed E-state index contributed by atoms with van der Waals surface area (Å²) < 4.78 is 0. The molecule has 1 rings (SSSR count). The van der Waals surface area contributed by atoms with E-state index >= 15 is 0 Å². The minimum absolute atomic E-state index is 0.187. The smallest absolute Gasteiger partial charge is 0.251 e.